The van der Waals surface area contributed by atoms with E-state index in [1.54, 1.807) is 12.3 Å². The summed E-state index contributed by atoms with van der Waals surface area (Å²) in [4.78, 5) is 20.5. The summed E-state index contributed by atoms with van der Waals surface area (Å²) >= 11 is 0. The minimum Gasteiger partial charge on any atom is -0.439 e. The first-order valence-electron chi connectivity index (χ1n) is 14.8. The van der Waals surface area contributed by atoms with Crippen LogP contribution in [-0.4, -0.2) is 45.0 Å². The van der Waals surface area contributed by atoms with Gasteiger partial charge in [-0.25, -0.2) is 18.2 Å². The van der Waals surface area contributed by atoms with Gasteiger partial charge in [-0.1, -0.05) is 36.4 Å². The summed E-state index contributed by atoms with van der Waals surface area (Å²) in [5.74, 6) is 0.0348. The second-order valence-electron chi connectivity index (χ2n) is 11.3. The minimum atomic E-state index is -0.636. The van der Waals surface area contributed by atoms with E-state index in [1.807, 2.05) is 48.5 Å². The smallest absolute Gasteiger partial charge is 0.273 e. The van der Waals surface area contributed by atoms with Crippen molar-refractivity contribution in [2.45, 2.75) is 50.7 Å². The van der Waals surface area contributed by atoms with Gasteiger partial charge < -0.3 is 20.9 Å². The van der Waals surface area contributed by atoms with Crippen LogP contribution in [0.25, 0.3) is 11.1 Å². The van der Waals surface area contributed by atoms with Gasteiger partial charge in [-0.15, -0.1) is 0 Å². The molecule has 2 aromatic carbocycles. The number of rotatable bonds is 10. The van der Waals surface area contributed by atoms with E-state index < -0.39 is 11.7 Å². The molecule has 44 heavy (non-hydrogen) atoms. The molecule has 0 bridgehead atoms. The molecule has 4 N–H and O–H groups in total. The van der Waals surface area contributed by atoms with Crippen LogP contribution in [0.2, 0.25) is 0 Å². The maximum atomic E-state index is 14.4. The summed E-state index contributed by atoms with van der Waals surface area (Å²) in [5, 5.41) is 12.7. The molecule has 226 valence electrons. The number of aromatic nitrogens is 1. The van der Waals surface area contributed by atoms with Gasteiger partial charge in [-0.05, 0) is 60.2 Å². The van der Waals surface area contributed by atoms with Crippen LogP contribution < -0.4 is 15.8 Å². The number of ether oxygens (including phenoxy) is 1. The molecule has 3 aliphatic rings. The highest BCUT2D eigenvalue weighted by molar-refractivity contribution is 6.00. The van der Waals surface area contributed by atoms with Crippen molar-refractivity contribution in [3.63, 3.8) is 0 Å². The normalized spacial score (nSPS) is 22.6. The molecule has 0 spiro atoms. The minimum absolute atomic E-state index is 0.00670. The van der Waals surface area contributed by atoms with E-state index >= 15 is 0 Å². The molecule has 0 saturated heterocycles. The number of carbonyl (C=O) groups is 1. The number of aliphatic imine (C=N–C) groups is 1. The number of nitrogens with one attached hydrogen (secondary N) is 1. The third-order valence-corrected chi connectivity index (χ3v) is 8.46. The van der Waals surface area contributed by atoms with Crippen LogP contribution >= 0.6 is 0 Å². The third kappa shape index (κ3) is 6.23. The highest BCUT2D eigenvalue weighted by Crippen LogP contribution is 2.38. The SMILES string of the molecule is NC(=O)C1=C[N+]2([C@H]3CC[C@H](NCc4cc(F)cnc4Oc4cccc(-c5ccc(CCO)cc5)c4)CC3)C=C(F)C=CC2=N1. The summed E-state index contributed by atoms with van der Waals surface area (Å²) in [6, 6.07) is 17.2. The number of amides is 1. The number of pyridine rings is 1. The van der Waals surface area contributed by atoms with E-state index in [9.17, 15) is 13.6 Å². The largest absolute Gasteiger partial charge is 0.439 e. The van der Waals surface area contributed by atoms with Gasteiger partial charge in [0.05, 0.1) is 6.20 Å². The van der Waals surface area contributed by atoms with E-state index in [1.165, 1.54) is 18.3 Å². The predicted octanol–water partition coefficient (Wildman–Crippen LogP) is 5.55. The number of nitrogens with zero attached hydrogens (tertiary/aromatic N) is 3. The van der Waals surface area contributed by atoms with Crippen LogP contribution in [0.1, 0.15) is 36.8 Å². The average molecular weight is 599 g/mol. The molecular weight excluding hydrogens is 564 g/mol. The van der Waals surface area contributed by atoms with E-state index in [-0.39, 0.29) is 34.7 Å². The molecule has 0 radical (unpaired) electrons. The number of hydrogen-bond acceptors (Lipinski definition) is 6. The van der Waals surface area contributed by atoms with Gasteiger partial charge in [0.15, 0.2) is 11.5 Å². The second kappa shape index (κ2) is 12.6. The van der Waals surface area contributed by atoms with Gasteiger partial charge in [-0.3, -0.25) is 4.79 Å². The Morgan fingerprint density at radius 1 is 1.02 bits per heavy atom. The zero-order chi connectivity index (χ0) is 30.7. The molecule has 2 aliphatic heterocycles. The predicted molar refractivity (Wildman–Crippen MR) is 163 cm³/mol. The summed E-state index contributed by atoms with van der Waals surface area (Å²) in [5.41, 5.74) is 9.27. The number of aliphatic hydroxyl groups excluding tert-OH is 1. The Balaban J connectivity index is 1.11. The molecule has 1 aliphatic carbocycles. The lowest BCUT2D eigenvalue weighted by Crippen LogP contribution is -2.53. The molecule has 1 unspecified atom stereocenters. The summed E-state index contributed by atoms with van der Waals surface area (Å²) < 4.78 is 34.9. The van der Waals surface area contributed by atoms with Crippen molar-refractivity contribution < 1.29 is 27.9 Å². The molecule has 6 rings (SSSR count). The summed E-state index contributed by atoms with van der Waals surface area (Å²) in [6.07, 6.45) is 11.0. The Morgan fingerprint density at radius 3 is 2.57 bits per heavy atom. The zero-order valence-electron chi connectivity index (χ0n) is 24.1. The first-order valence-corrected chi connectivity index (χ1v) is 14.8. The lowest BCUT2D eigenvalue weighted by Gasteiger charge is -2.40. The maximum absolute atomic E-state index is 14.4. The molecule has 3 heterocycles. The van der Waals surface area contributed by atoms with E-state index in [2.05, 4.69) is 15.3 Å². The Labute approximate surface area is 254 Å². The first kappa shape index (κ1) is 29.6. The fourth-order valence-corrected chi connectivity index (χ4v) is 6.19. The van der Waals surface area contributed by atoms with Gasteiger partial charge >= 0.3 is 0 Å². The Kier molecular flexibility index (Phi) is 8.47. The number of primary amides is 1. The number of quaternary nitrogens is 1. The second-order valence-corrected chi connectivity index (χ2v) is 11.3. The molecule has 1 saturated carbocycles. The summed E-state index contributed by atoms with van der Waals surface area (Å²) in [7, 11) is 0. The Hall–Kier alpha value is -4.51. The number of amidine groups is 1. The van der Waals surface area contributed by atoms with Crippen molar-refractivity contribution in [2.24, 2.45) is 10.7 Å². The van der Waals surface area contributed by atoms with E-state index in [4.69, 9.17) is 15.6 Å². The number of nitrogens with two attached hydrogens (primary N) is 1. The fraction of sp³-hybridized carbons (Fsp3) is 0.265. The number of fused-ring (bicyclic) bond motifs is 1. The molecular formula is C34H34F2N5O3+. The molecule has 1 atom stereocenters. The number of hydrogen-bond donors (Lipinski definition) is 3. The number of carbonyl (C=O) groups excluding carboxylic acids is 1. The number of aliphatic hydroxyl groups is 1. The van der Waals surface area contributed by atoms with Crippen molar-refractivity contribution in [1.29, 1.82) is 0 Å². The highest BCUT2D eigenvalue weighted by atomic mass is 19.1. The third-order valence-electron chi connectivity index (χ3n) is 8.46. The maximum Gasteiger partial charge on any atom is 0.273 e. The van der Waals surface area contributed by atoms with Gasteiger partial charge in [0.1, 0.15) is 30.0 Å². The Bertz CT molecular complexity index is 1680. The number of benzene rings is 2. The van der Waals surface area contributed by atoms with Crippen molar-refractivity contribution in [1.82, 2.24) is 10.3 Å². The van der Waals surface area contributed by atoms with Crippen LogP contribution in [0, 0.1) is 5.82 Å². The lowest BCUT2D eigenvalue weighted by molar-refractivity contribution is -0.763. The number of halogens is 2. The molecule has 8 nitrogen and oxygen atoms in total. The molecule has 3 aromatic rings. The Morgan fingerprint density at radius 2 is 1.82 bits per heavy atom. The highest BCUT2D eigenvalue weighted by Gasteiger charge is 2.47. The summed E-state index contributed by atoms with van der Waals surface area (Å²) in [6.45, 7) is 0.465. The topological polar surface area (TPSA) is 110 Å². The van der Waals surface area contributed by atoms with Gasteiger partial charge in [0.2, 0.25) is 11.7 Å². The van der Waals surface area contributed by atoms with Crippen LogP contribution in [0.5, 0.6) is 11.6 Å². The van der Waals surface area contributed by atoms with Gasteiger partial charge in [0, 0.05) is 43.7 Å². The van der Waals surface area contributed by atoms with Crippen molar-refractivity contribution in [3.8, 4) is 22.8 Å². The zero-order valence-corrected chi connectivity index (χ0v) is 24.1. The number of allylic oxidation sites excluding steroid dienone is 2. The van der Waals surface area contributed by atoms with E-state index in [0.717, 1.165) is 48.6 Å². The lowest BCUT2D eigenvalue weighted by atomic mass is 9.88. The van der Waals surface area contributed by atoms with Crippen LogP contribution in [0.4, 0.5) is 8.78 Å². The van der Waals surface area contributed by atoms with E-state index in [0.29, 0.717) is 36.0 Å². The monoisotopic (exact) mass is 598 g/mol. The quantitative estimate of drug-likeness (QED) is 0.265. The fourth-order valence-electron chi connectivity index (χ4n) is 6.19. The first-order chi connectivity index (χ1) is 21.3. The van der Waals surface area contributed by atoms with Crippen LogP contribution in [0.15, 0.2) is 102 Å². The van der Waals surface area contributed by atoms with Gasteiger partial charge in [0.25, 0.3) is 5.91 Å². The van der Waals surface area contributed by atoms with Gasteiger partial charge in [-0.2, -0.15) is 4.99 Å². The average Bonchev–Trinajstić information content (AvgIpc) is 3.43. The molecule has 10 heteroatoms. The molecule has 1 fully saturated rings. The van der Waals surface area contributed by atoms with Crippen molar-refractivity contribution >= 4 is 11.7 Å². The standard InChI is InChI=1S/C34H33F2N5O3/c35-26-8-13-32-40-31(33(37)43)21-41(32,20-26)29-11-9-28(10-12-29)38-18-25-16-27(36)19-39-34(25)44-30-3-1-2-24(17-30)23-6-4-22(5-7-23)14-15-42/h1-8,13,16-17,19-21,28-29,38,42H,9-12,14-15,18H2,(H-,37,43)/p+1/t28-,29-,41?. The molecule has 1 amide bonds. The van der Waals surface area contributed by atoms with Crippen molar-refractivity contribution in [3.05, 3.63) is 114 Å². The van der Waals surface area contributed by atoms with Crippen LogP contribution in [0.3, 0.4) is 0 Å². The van der Waals surface area contributed by atoms with Crippen LogP contribution in [-0.2, 0) is 17.8 Å². The molecule has 1 aromatic heterocycles. The van der Waals surface area contributed by atoms with Crippen molar-refractivity contribution in [2.75, 3.05) is 6.61 Å².